The van der Waals surface area contributed by atoms with Gasteiger partial charge < -0.3 is 19.4 Å². The number of rotatable bonds is 5. The van der Waals surface area contributed by atoms with Crippen molar-refractivity contribution < 1.29 is 18.7 Å². The average molecular weight is 382 g/mol. The average Bonchev–Trinajstić information content (AvgIpc) is 3.38. The van der Waals surface area contributed by atoms with Crippen LogP contribution < -0.4 is 9.47 Å². The topological polar surface area (TPSA) is 80.3 Å². The lowest BCUT2D eigenvalue weighted by molar-refractivity contribution is 0.0766. The molecule has 2 aromatic heterocycles. The summed E-state index contributed by atoms with van der Waals surface area (Å²) in [6, 6.07) is 7.93. The molecule has 3 heterocycles. The highest BCUT2D eigenvalue weighted by Gasteiger charge is 2.29. The van der Waals surface area contributed by atoms with E-state index in [1.165, 1.54) is 31.6 Å². The zero-order valence-electron chi connectivity index (χ0n) is 15.3. The zero-order chi connectivity index (χ0) is 19.5. The second-order valence-corrected chi connectivity index (χ2v) is 6.49. The van der Waals surface area contributed by atoms with Crippen LogP contribution in [0.15, 0.2) is 48.9 Å². The van der Waals surface area contributed by atoms with Crippen LogP contribution >= 0.6 is 0 Å². The third-order valence-corrected chi connectivity index (χ3v) is 4.61. The van der Waals surface area contributed by atoms with Gasteiger partial charge in [-0.25, -0.2) is 4.39 Å². The maximum Gasteiger partial charge on any atom is 0.270 e. The van der Waals surface area contributed by atoms with Gasteiger partial charge >= 0.3 is 0 Å². The first kappa shape index (κ1) is 18.0. The number of aromatic nitrogens is 3. The first-order valence-corrected chi connectivity index (χ1v) is 8.88. The molecule has 1 unspecified atom stereocenters. The van der Waals surface area contributed by atoms with Gasteiger partial charge in [0.15, 0.2) is 0 Å². The van der Waals surface area contributed by atoms with Gasteiger partial charge in [0.1, 0.15) is 17.6 Å². The smallest absolute Gasteiger partial charge is 0.270 e. The number of methoxy groups -OCH3 is 1. The Morgan fingerprint density at radius 3 is 2.79 bits per heavy atom. The number of H-pyrrole nitrogens is 1. The number of halogens is 1. The molecule has 1 aromatic carbocycles. The molecule has 1 saturated heterocycles. The molecular formula is C20H19FN4O3. The van der Waals surface area contributed by atoms with Crippen LogP contribution in [-0.4, -0.2) is 52.1 Å². The molecule has 1 N–H and O–H groups in total. The Morgan fingerprint density at radius 2 is 2.00 bits per heavy atom. The van der Waals surface area contributed by atoms with Crippen molar-refractivity contribution in [2.24, 2.45) is 0 Å². The number of nitrogens with one attached hydrogen (secondary N) is 1. The largest absolute Gasteiger partial charge is 0.480 e. The number of hydrogen-bond donors (Lipinski definition) is 1. The molecule has 1 atom stereocenters. The van der Waals surface area contributed by atoms with Crippen molar-refractivity contribution in [1.82, 2.24) is 19.9 Å². The molecule has 1 aliphatic rings. The maximum atomic E-state index is 13.1. The van der Waals surface area contributed by atoms with Crippen LogP contribution in [0.1, 0.15) is 16.9 Å². The summed E-state index contributed by atoms with van der Waals surface area (Å²) in [7, 11) is 1.51. The minimum absolute atomic E-state index is 0.101. The molecule has 0 spiro atoms. The third-order valence-electron chi connectivity index (χ3n) is 4.61. The van der Waals surface area contributed by atoms with Gasteiger partial charge in [0.25, 0.3) is 5.91 Å². The van der Waals surface area contributed by atoms with Crippen LogP contribution in [0.3, 0.4) is 0 Å². The summed E-state index contributed by atoms with van der Waals surface area (Å²) < 4.78 is 23.9. The molecular weight excluding hydrogens is 363 g/mol. The lowest BCUT2D eigenvalue weighted by Gasteiger charge is -2.16. The van der Waals surface area contributed by atoms with Gasteiger partial charge in [-0.3, -0.25) is 9.78 Å². The Morgan fingerprint density at radius 1 is 1.21 bits per heavy atom. The molecule has 0 aliphatic carbocycles. The molecule has 0 bridgehead atoms. The van der Waals surface area contributed by atoms with E-state index in [2.05, 4.69) is 15.0 Å². The number of hydrogen-bond acceptors (Lipinski definition) is 5. The molecule has 144 valence electrons. The standard InChI is InChI=1S/C20H19FN4O3/c1-27-18-10-22-11-19(24-18)28-16-6-7-25(12-16)20(26)17-8-14(9-23-17)13-2-4-15(21)5-3-13/h2-5,8-11,16,23H,6-7,12H2,1H3. The van der Waals surface area contributed by atoms with E-state index < -0.39 is 0 Å². The van der Waals surface area contributed by atoms with E-state index in [4.69, 9.17) is 9.47 Å². The summed E-state index contributed by atoms with van der Waals surface area (Å²) in [6.07, 6.45) is 5.32. The molecule has 0 saturated carbocycles. The minimum Gasteiger partial charge on any atom is -0.480 e. The van der Waals surface area contributed by atoms with Crippen molar-refractivity contribution in [3.05, 3.63) is 60.4 Å². The quantitative estimate of drug-likeness (QED) is 0.734. The van der Waals surface area contributed by atoms with E-state index >= 15 is 0 Å². The molecule has 7 nitrogen and oxygen atoms in total. The highest BCUT2D eigenvalue weighted by Crippen LogP contribution is 2.23. The van der Waals surface area contributed by atoms with Crippen LogP contribution in [0, 0.1) is 5.82 Å². The Kier molecular flexibility index (Phi) is 4.92. The summed E-state index contributed by atoms with van der Waals surface area (Å²) in [6.45, 7) is 1.05. The predicted octanol–water partition coefficient (Wildman–Crippen LogP) is 2.91. The van der Waals surface area contributed by atoms with Crippen LogP contribution in [0.25, 0.3) is 11.1 Å². The molecule has 1 amide bonds. The van der Waals surface area contributed by atoms with Crippen molar-refractivity contribution in [1.29, 1.82) is 0 Å². The number of amides is 1. The lowest BCUT2D eigenvalue weighted by Crippen LogP contribution is -2.31. The van der Waals surface area contributed by atoms with Gasteiger partial charge in [0, 0.05) is 19.2 Å². The Bertz CT molecular complexity index is 974. The fraction of sp³-hybridized carbons (Fsp3) is 0.250. The number of carbonyl (C=O) groups excluding carboxylic acids is 1. The van der Waals surface area contributed by atoms with Crippen molar-refractivity contribution in [2.45, 2.75) is 12.5 Å². The molecule has 28 heavy (non-hydrogen) atoms. The highest BCUT2D eigenvalue weighted by molar-refractivity contribution is 5.94. The molecule has 8 heteroatoms. The molecule has 1 aliphatic heterocycles. The van der Waals surface area contributed by atoms with Crippen LogP contribution in [0.2, 0.25) is 0 Å². The van der Waals surface area contributed by atoms with Crippen molar-refractivity contribution in [3.8, 4) is 22.9 Å². The summed E-state index contributed by atoms with van der Waals surface area (Å²) in [5.41, 5.74) is 2.17. The molecule has 0 radical (unpaired) electrons. The number of benzene rings is 1. The number of ether oxygens (including phenoxy) is 2. The number of aromatic amines is 1. The fourth-order valence-corrected chi connectivity index (χ4v) is 3.16. The Labute approximate surface area is 161 Å². The van der Waals surface area contributed by atoms with Gasteiger partial charge in [-0.1, -0.05) is 12.1 Å². The summed E-state index contributed by atoms with van der Waals surface area (Å²) >= 11 is 0. The van der Waals surface area contributed by atoms with Gasteiger partial charge in [-0.2, -0.15) is 4.98 Å². The number of carbonyl (C=O) groups is 1. The number of likely N-dealkylation sites (tertiary alicyclic amines) is 1. The van der Waals surface area contributed by atoms with Gasteiger partial charge in [-0.15, -0.1) is 0 Å². The second kappa shape index (κ2) is 7.67. The first-order chi connectivity index (χ1) is 13.6. The lowest BCUT2D eigenvalue weighted by atomic mass is 10.1. The molecule has 4 rings (SSSR count). The second-order valence-electron chi connectivity index (χ2n) is 6.49. The summed E-state index contributed by atoms with van der Waals surface area (Å²) in [4.78, 5) is 25.7. The van der Waals surface area contributed by atoms with Crippen molar-refractivity contribution >= 4 is 5.91 Å². The number of nitrogens with zero attached hydrogens (tertiary/aromatic N) is 3. The zero-order valence-corrected chi connectivity index (χ0v) is 15.3. The third kappa shape index (κ3) is 3.80. The minimum atomic E-state index is -0.292. The van der Waals surface area contributed by atoms with E-state index in [9.17, 15) is 9.18 Å². The van der Waals surface area contributed by atoms with Crippen molar-refractivity contribution in [3.63, 3.8) is 0 Å². The van der Waals surface area contributed by atoms with E-state index in [-0.39, 0.29) is 17.8 Å². The van der Waals surface area contributed by atoms with E-state index in [1.807, 2.05) is 0 Å². The van der Waals surface area contributed by atoms with Gasteiger partial charge in [0.2, 0.25) is 11.8 Å². The molecule has 1 fully saturated rings. The highest BCUT2D eigenvalue weighted by atomic mass is 19.1. The van der Waals surface area contributed by atoms with E-state index in [0.29, 0.717) is 37.0 Å². The van der Waals surface area contributed by atoms with Gasteiger partial charge in [-0.05, 0) is 29.3 Å². The van der Waals surface area contributed by atoms with Crippen molar-refractivity contribution in [2.75, 3.05) is 20.2 Å². The predicted molar refractivity (Wildman–Crippen MR) is 99.7 cm³/mol. The van der Waals surface area contributed by atoms with E-state index in [1.54, 1.807) is 29.3 Å². The summed E-state index contributed by atoms with van der Waals surface area (Å²) in [5.74, 6) is 0.357. The fourth-order valence-electron chi connectivity index (χ4n) is 3.16. The molecule has 3 aromatic rings. The monoisotopic (exact) mass is 382 g/mol. The SMILES string of the molecule is COc1cncc(OC2CCN(C(=O)c3cc(-c4ccc(F)cc4)c[nH]3)C2)n1. The Hall–Kier alpha value is -3.42. The van der Waals surface area contributed by atoms with Crippen LogP contribution in [-0.2, 0) is 0 Å². The van der Waals surface area contributed by atoms with Crippen LogP contribution in [0.5, 0.6) is 11.8 Å². The Balaban J connectivity index is 1.40. The first-order valence-electron chi connectivity index (χ1n) is 8.88. The maximum absolute atomic E-state index is 13.1. The van der Waals surface area contributed by atoms with E-state index in [0.717, 1.165) is 11.1 Å². The van der Waals surface area contributed by atoms with Gasteiger partial charge in [0.05, 0.1) is 26.0 Å². The van der Waals surface area contributed by atoms with Crippen LogP contribution in [0.4, 0.5) is 4.39 Å². The summed E-state index contributed by atoms with van der Waals surface area (Å²) in [5, 5.41) is 0. The normalized spacial score (nSPS) is 16.2.